The summed E-state index contributed by atoms with van der Waals surface area (Å²) in [6.45, 7) is 4.34. The lowest BCUT2D eigenvalue weighted by Gasteiger charge is -2.15. The molecule has 2 aromatic carbocycles. The highest BCUT2D eigenvalue weighted by Crippen LogP contribution is 2.11. The molecule has 1 atom stereocenters. The van der Waals surface area contributed by atoms with Crippen LogP contribution in [-0.4, -0.2) is 6.04 Å². The van der Waals surface area contributed by atoms with Gasteiger partial charge < -0.3 is 5.32 Å². The van der Waals surface area contributed by atoms with Crippen LogP contribution in [0.15, 0.2) is 48.5 Å². The standard InChI is InChI=1S/C16H18N/c1-13-7-6-8-15(11-13)12-14(2)17-16-9-4-3-5-10-16/h4-11,14,17H,12H2,1-2H3. The smallest absolute Gasteiger partial charge is 0.0342 e. The second kappa shape index (κ2) is 5.53. The molecular weight excluding hydrogens is 206 g/mol. The van der Waals surface area contributed by atoms with Crippen LogP contribution in [0, 0.1) is 13.0 Å². The molecule has 0 amide bonds. The van der Waals surface area contributed by atoms with E-state index in [-0.39, 0.29) is 0 Å². The van der Waals surface area contributed by atoms with Gasteiger partial charge in [0.25, 0.3) is 0 Å². The zero-order valence-electron chi connectivity index (χ0n) is 10.4. The van der Waals surface area contributed by atoms with E-state index in [9.17, 15) is 0 Å². The first-order valence-electron chi connectivity index (χ1n) is 6.02. The summed E-state index contributed by atoms with van der Waals surface area (Å²) < 4.78 is 0. The van der Waals surface area contributed by atoms with Crippen LogP contribution < -0.4 is 5.32 Å². The highest BCUT2D eigenvalue weighted by Gasteiger charge is 2.03. The molecule has 1 heteroatoms. The van der Waals surface area contributed by atoms with E-state index in [1.54, 1.807) is 0 Å². The zero-order chi connectivity index (χ0) is 12.1. The van der Waals surface area contributed by atoms with Gasteiger partial charge in [-0.3, -0.25) is 0 Å². The van der Waals surface area contributed by atoms with E-state index < -0.39 is 0 Å². The fourth-order valence-electron chi connectivity index (χ4n) is 2.01. The number of benzene rings is 2. The van der Waals surface area contributed by atoms with Gasteiger partial charge in [0, 0.05) is 11.7 Å². The third-order valence-corrected chi connectivity index (χ3v) is 2.76. The first kappa shape index (κ1) is 11.7. The maximum atomic E-state index is 3.49. The predicted molar refractivity (Wildman–Crippen MR) is 73.2 cm³/mol. The van der Waals surface area contributed by atoms with E-state index in [4.69, 9.17) is 0 Å². The summed E-state index contributed by atoms with van der Waals surface area (Å²) in [5, 5.41) is 3.49. The summed E-state index contributed by atoms with van der Waals surface area (Å²) in [4.78, 5) is 0. The van der Waals surface area contributed by atoms with Crippen molar-refractivity contribution in [2.45, 2.75) is 26.3 Å². The molecule has 0 saturated heterocycles. The summed E-state index contributed by atoms with van der Waals surface area (Å²) in [6, 6.07) is 20.1. The Hall–Kier alpha value is -1.76. The van der Waals surface area contributed by atoms with Gasteiger partial charge in [0.15, 0.2) is 0 Å². The molecule has 0 aromatic heterocycles. The lowest BCUT2D eigenvalue weighted by Crippen LogP contribution is -2.17. The van der Waals surface area contributed by atoms with Crippen LogP contribution in [0.2, 0.25) is 0 Å². The van der Waals surface area contributed by atoms with Gasteiger partial charge >= 0.3 is 0 Å². The van der Waals surface area contributed by atoms with Gasteiger partial charge in [-0.1, -0.05) is 42.0 Å². The molecule has 1 unspecified atom stereocenters. The Morgan fingerprint density at radius 2 is 1.94 bits per heavy atom. The molecule has 2 aromatic rings. The fourth-order valence-corrected chi connectivity index (χ4v) is 2.01. The van der Waals surface area contributed by atoms with E-state index in [0.29, 0.717) is 6.04 Å². The zero-order valence-corrected chi connectivity index (χ0v) is 10.4. The lowest BCUT2D eigenvalue weighted by atomic mass is 10.0. The van der Waals surface area contributed by atoms with Crippen molar-refractivity contribution in [1.29, 1.82) is 0 Å². The molecular formula is C16H18N. The van der Waals surface area contributed by atoms with Crippen LogP contribution >= 0.6 is 0 Å². The van der Waals surface area contributed by atoms with Crippen molar-refractivity contribution in [3.05, 3.63) is 65.7 Å². The number of nitrogens with one attached hydrogen (secondary N) is 1. The Labute approximate surface area is 103 Å². The Morgan fingerprint density at radius 3 is 2.65 bits per heavy atom. The van der Waals surface area contributed by atoms with Crippen molar-refractivity contribution in [2.24, 2.45) is 0 Å². The Kier molecular flexibility index (Phi) is 3.81. The van der Waals surface area contributed by atoms with Crippen LogP contribution in [0.4, 0.5) is 5.69 Å². The normalized spacial score (nSPS) is 12.1. The van der Waals surface area contributed by atoms with Gasteiger partial charge in [-0.15, -0.1) is 0 Å². The van der Waals surface area contributed by atoms with E-state index in [1.807, 2.05) is 24.3 Å². The predicted octanol–water partition coefficient (Wildman–Crippen LogP) is 3.84. The fraction of sp³-hybridized carbons (Fsp3) is 0.250. The molecule has 1 nitrogen and oxygen atoms in total. The molecule has 1 radical (unpaired) electrons. The lowest BCUT2D eigenvalue weighted by molar-refractivity contribution is 0.790. The molecule has 0 bridgehead atoms. The van der Waals surface area contributed by atoms with Crippen molar-refractivity contribution in [2.75, 3.05) is 5.32 Å². The van der Waals surface area contributed by atoms with Crippen LogP contribution in [-0.2, 0) is 6.42 Å². The molecule has 0 saturated carbocycles. The van der Waals surface area contributed by atoms with Gasteiger partial charge in [-0.2, -0.15) is 0 Å². The quantitative estimate of drug-likeness (QED) is 0.832. The number of aryl methyl sites for hydroxylation is 1. The van der Waals surface area contributed by atoms with E-state index >= 15 is 0 Å². The number of anilines is 1. The average molecular weight is 224 g/mol. The number of rotatable bonds is 4. The molecule has 1 N–H and O–H groups in total. The van der Waals surface area contributed by atoms with Gasteiger partial charge in [-0.05, 0) is 44.0 Å². The van der Waals surface area contributed by atoms with Gasteiger partial charge in [-0.25, -0.2) is 0 Å². The second-order valence-corrected chi connectivity index (χ2v) is 4.53. The Bertz CT molecular complexity index is 462. The summed E-state index contributed by atoms with van der Waals surface area (Å²) >= 11 is 0. The monoisotopic (exact) mass is 224 g/mol. The van der Waals surface area contributed by atoms with Crippen molar-refractivity contribution in [1.82, 2.24) is 0 Å². The number of hydrogen-bond acceptors (Lipinski definition) is 1. The Balaban J connectivity index is 1.96. The Morgan fingerprint density at radius 1 is 1.18 bits per heavy atom. The molecule has 17 heavy (non-hydrogen) atoms. The summed E-state index contributed by atoms with van der Waals surface area (Å²) in [7, 11) is 0. The van der Waals surface area contributed by atoms with Gasteiger partial charge in [0.05, 0.1) is 0 Å². The maximum Gasteiger partial charge on any atom is 0.0342 e. The molecule has 0 aliphatic heterocycles. The molecule has 0 aliphatic carbocycles. The third kappa shape index (κ3) is 3.63. The van der Waals surface area contributed by atoms with Crippen molar-refractivity contribution < 1.29 is 0 Å². The van der Waals surface area contributed by atoms with Gasteiger partial charge in [0.2, 0.25) is 0 Å². The van der Waals surface area contributed by atoms with E-state index in [1.165, 1.54) is 11.1 Å². The van der Waals surface area contributed by atoms with Crippen molar-refractivity contribution in [3.8, 4) is 0 Å². The maximum absolute atomic E-state index is 3.49. The van der Waals surface area contributed by atoms with Crippen LogP contribution in [0.5, 0.6) is 0 Å². The minimum Gasteiger partial charge on any atom is -0.382 e. The van der Waals surface area contributed by atoms with Crippen LogP contribution in [0.1, 0.15) is 18.1 Å². The molecule has 0 aliphatic rings. The molecule has 0 fully saturated rings. The summed E-state index contributed by atoms with van der Waals surface area (Å²) in [5.41, 5.74) is 3.86. The number of hydrogen-bond donors (Lipinski definition) is 1. The average Bonchev–Trinajstić information content (AvgIpc) is 2.30. The van der Waals surface area contributed by atoms with E-state index in [2.05, 4.69) is 49.5 Å². The van der Waals surface area contributed by atoms with Crippen molar-refractivity contribution in [3.63, 3.8) is 0 Å². The highest BCUT2D eigenvalue weighted by atomic mass is 14.9. The molecule has 0 spiro atoms. The highest BCUT2D eigenvalue weighted by molar-refractivity contribution is 5.43. The minimum atomic E-state index is 0.430. The first-order chi connectivity index (χ1) is 8.24. The first-order valence-corrected chi connectivity index (χ1v) is 6.02. The SMILES string of the molecule is Cc1cccc(CC(C)Nc2cc[c]cc2)c1. The molecule has 87 valence electrons. The summed E-state index contributed by atoms with van der Waals surface area (Å²) in [6.07, 6.45) is 1.04. The van der Waals surface area contributed by atoms with Crippen molar-refractivity contribution >= 4 is 5.69 Å². The summed E-state index contributed by atoms with van der Waals surface area (Å²) in [5.74, 6) is 0. The second-order valence-electron chi connectivity index (χ2n) is 4.53. The van der Waals surface area contributed by atoms with Crippen LogP contribution in [0.25, 0.3) is 0 Å². The van der Waals surface area contributed by atoms with E-state index in [0.717, 1.165) is 12.1 Å². The topological polar surface area (TPSA) is 12.0 Å². The third-order valence-electron chi connectivity index (χ3n) is 2.76. The van der Waals surface area contributed by atoms with Crippen LogP contribution in [0.3, 0.4) is 0 Å². The largest absolute Gasteiger partial charge is 0.382 e. The molecule has 2 rings (SSSR count). The molecule has 0 heterocycles. The van der Waals surface area contributed by atoms with Gasteiger partial charge in [0.1, 0.15) is 0 Å². The minimum absolute atomic E-state index is 0.430.